The molecule has 0 aliphatic carbocycles. The molecule has 0 radical (unpaired) electrons. The van der Waals surface area contributed by atoms with Crippen molar-refractivity contribution >= 4 is 40.2 Å². The number of nitrogens with one attached hydrogen (secondary N) is 1. The van der Waals surface area contributed by atoms with E-state index in [0.717, 1.165) is 5.56 Å². The lowest BCUT2D eigenvalue weighted by atomic mass is 9.95. The molecule has 0 saturated heterocycles. The van der Waals surface area contributed by atoms with Gasteiger partial charge in [-0.2, -0.15) is 0 Å². The molecule has 1 aliphatic heterocycles. The summed E-state index contributed by atoms with van der Waals surface area (Å²) >= 11 is 2.61. The van der Waals surface area contributed by atoms with E-state index in [1.165, 1.54) is 35.1 Å². The minimum atomic E-state index is -0.581. The second-order valence-corrected chi connectivity index (χ2v) is 7.63. The Kier molecular flexibility index (Phi) is 5.43. The number of hydrogen-bond acceptors (Lipinski definition) is 8. The summed E-state index contributed by atoms with van der Waals surface area (Å²) in [5.74, 6) is -0.134. The fourth-order valence-electron chi connectivity index (χ4n) is 2.59. The topological polar surface area (TPSA) is 110 Å². The lowest BCUT2D eigenvalue weighted by Crippen LogP contribution is -2.47. The second kappa shape index (κ2) is 7.75. The van der Waals surface area contributed by atoms with Gasteiger partial charge in [0.1, 0.15) is 0 Å². The maximum absolute atomic E-state index is 12.5. The highest BCUT2D eigenvalue weighted by Crippen LogP contribution is 2.34. The first-order chi connectivity index (χ1) is 12.5. The zero-order valence-electron chi connectivity index (χ0n) is 14.1. The van der Waals surface area contributed by atoms with E-state index in [4.69, 9.17) is 10.5 Å². The van der Waals surface area contributed by atoms with Gasteiger partial charge in [0.05, 0.1) is 18.7 Å². The van der Waals surface area contributed by atoms with Crippen molar-refractivity contribution in [1.82, 2.24) is 20.4 Å². The molecule has 1 aromatic heterocycles. The standard InChI is InChI=1S/C16H17N5O3S2/c1-21-10(8-25-16-20-19-14(17)26-16)11(13(22)24-2)12(18-15(21)23)9-6-4-3-5-7-9/h3-7,12H,8H2,1-2H3,(H2,17,19)(H,18,23)/t12-/m1/s1. The van der Waals surface area contributed by atoms with E-state index in [2.05, 4.69) is 15.5 Å². The van der Waals surface area contributed by atoms with Crippen LogP contribution in [0.2, 0.25) is 0 Å². The van der Waals surface area contributed by atoms with Crippen LogP contribution in [-0.4, -0.2) is 47.0 Å². The molecule has 0 bridgehead atoms. The van der Waals surface area contributed by atoms with Gasteiger partial charge in [-0.15, -0.1) is 10.2 Å². The van der Waals surface area contributed by atoms with Gasteiger partial charge in [-0.25, -0.2) is 9.59 Å². The van der Waals surface area contributed by atoms with E-state index in [-0.39, 0.29) is 6.03 Å². The predicted octanol–water partition coefficient (Wildman–Crippen LogP) is 2.04. The van der Waals surface area contributed by atoms with Gasteiger partial charge in [0.2, 0.25) is 5.13 Å². The normalized spacial score (nSPS) is 17.2. The second-order valence-electron chi connectivity index (χ2n) is 5.40. The number of rotatable bonds is 5. The summed E-state index contributed by atoms with van der Waals surface area (Å²) in [6.45, 7) is 0. The number of nitrogens with zero attached hydrogens (tertiary/aromatic N) is 3. The number of nitrogen functional groups attached to an aromatic ring is 1. The Balaban J connectivity index is 2.01. The van der Waals surface area contributed by atoms with Crippen molar-refractivity contribution in [2.45, 2.75) is 10.4 Å². The van der Waals surface area contributed by atoms with Gasteiger partial charge < -0.3 is 15.8 Å². The molecule has 8 nitrogen and oxygen atoms in total. The van der Waals surface area contributed by atoms with E-state index >= 15 is 0 Å². The van der Waals surface area contributed by atoms with Crippen LogP contribution in [0.5, 0.6) is 0 Å². The summed E-state index contributed by atoms with van der Waals surface area (Å²) in [7, 11) is 2.94. The van der Waals surface area contributed by atoms with Gasteiger partial charge in [0.25, 0.3) is 0 Å². The number of benzene rings is 1. The lowest BCUT2D eigenvalue weighted by molar-refractivity contribution is -0.136. The Morgan fingerprint density at radius 2 is 2.12 bits per heavy atom. The molecule has 1 aromatic carbocycles. The molecule has 0 spiro atoms. The van der Waals surface area contributed by atoms with Crippen molar-refractivity contribution in [2.24, 2.45) is 0 Å². The number of thioether (sulfide) groups is 1. The summed E-state index contributed by atoms with van der Waals surface area (Å²) in [6.07, 6.45) is 0. The average molecular weight is 391 g/mol. The Bertz CT molecular complexity index is 853. The van der Waals surface area contributed by atoms with Gasteiger partial charge in [-0.1, -0.05) is 53.4 Å². The SMILES string of the molecule is COC(=O)C1=C(CSc2nnc(N)s2)N(C)C(=O)N[C@@H]1c1ccccc1. The van der Waals surface area contributed by atoms with E-state index in [0.29, 0.717) is 26.5 Å². The number of hydrogen-bond donors (Lipinski definition) is 2. The van der Waals surface area contributed by atoms with Crippen LogP contribution < -0.4 is 11.1 Å². The minimum Gasteiger partial charge on any atom is -0.466 e. The highest BCUT2D eigenvalue weighted by molar-refractivity contribution is 8.01. The lowest BCUT2D eigenvalue weighted by Gasteiger charge is -2.34. The number of amides is 2. The summed E-state index contributed by atoms with van der Waals surface area (Å²) in [5.41, 5.74) is 7.36. The number of methoxy groups -OCH3 is 1. The zero-order valence-corrected chi connectivity index (χ0v) is 15.8. The number of anilines is 1. The molecule has 3 N–H and O–H groups in total. The van der Waals surface area contributed by atoms with Gasteiger partial charge in [-0.05, 0) is 5.56 Å². The Hall–Kier alpha value is -2.59. The number of aromatic nitrogens is 2. The fraction of sp³-hybridized carbons (Fsp3) is 0.250. The molecule has 2 heterocycles. The van der Waals surface area contributed by atoms with Crippen LogP contribution in [-0.2, 0) is 9.53 Å². The van der Waals surface area contributed by atoms with Crippen LogP contribution in [0, 0.1) is 0 Å². The highest BCUT2D eigenvalue weighted by Gasteiger charge is 2.36. The van der Waals surface area contributed by atoms with Crippen molar-refractivity contribution in [2.75, 3.05) is 25.6 Å². The number of urea groups is 1. The van der Waals surface area contributed by atoms with Crippen molar-refractivity contribution in [3.05, 3.63) is 47.2 Å². The van der Waals surface area contributed by atoms with Gasteiger partial charge >= 0.3 is 12.0 Å². The van der Waals surface area contributed by atoms with Gasteiger partial charge in [0.15, 0.2) is 4.34 Å². The van der Waals surface area contributed by atoms with Crippen LogP contribution in [0.25, 0.3) is 0 Å². The van der Waals surface area contributed by atoms with Crippen LogP contribution in [0.4, 0.5) is 9.93 Å². The summed E-state index contributed by atoms with van der Waals surface area (Å²) < 4.78 is 5.64. The molecule has 3 rings (SSSR count). The van der Waals surface area contributed by atoms with E-state index in [1.54, 1.807) is 7.05 Å². The largest absolute Gasteiger partial charge is 0.466 e. The summed E-state index contributed by atoms with van der Waals surface area (Å²) in [6, 6.07) is 8.42. The number of carbonyl (C=O) groups excluding carboxylic acids is 2. The minimum absolute atomic E-state index is 0.293. The smallest absolute Gasteiger partial charge is 0.338 e. The molecule has 10 heteroatoms. The molecular weight excluding hydrogens is 374 g/mol. The fourth-order valence-corrected chi connectivity index (χ4v) is 4.31. The van der Waals surface area contributed by atoms with Crippen molar-refractivity contribution in [3.8, 4) is 0 Å². The average Bonchev–Trinajstić information content (AvgIpc) is 3.07. The first-order valence-corrected chi connectivity index (χ1v) is 9.43. The Labute approximate surface area is 158 Å². The van der Waals surface area contributed by atoms with Crippen LogP contribution >= 0.6 is 23.1 Å². The van der Waals surface area contributed by atoms with E-state index in [9.17, 15) is 9.59 Å². The third kappa shape index (κ3) is 3.65. The van der Waals surface area contributed by atoms with Crippen molar-refractivity contribution in [3.63, 3.8) is 0 Å². The maximum Gasteiger partial charge on any atom is 0.338 e. The highest BCUT2D eigenvalue weighted by atomic mass is 32.2. The third-order valence-electron chi connectivity index (χ3n) is 3.87. The van der Waals surface area contributed by atoms with Crippen molar-refractivity contribution in [1.29, 1.82) is 0 Å². The quantitative estimate of drug-likeness (QED) is 0.593. The maximum atomic E-state index is 12.5. The molecule has 0 saturated carbocycles. The van der Waals surface area contributed by atoms with Crippen LogP contribution in [0.15, 0.2) is 45.9 Å². The van der Waals surface area contributed by atoms with E-state index < -0.39 is 12.0 Å². The molecule has 2 aromatic rings. The molecule has 1 atom stereocenters. The molecule has 2 amide bonds. The zero-order chi connectivity index (χ0) is 18.7. The molecule has 0 unspecified atom stereocenters. The van der Waals surface area contributed by atoms with Crippen LogP contribution in [0.3, 0.4) is 0 Å². The monoisotopic (exact) mass is 391 g/mol. The number of nitrogens with two attached hydrogens (primary N) is 1. The Morgan fingerprint density at radius 3 is 2.73 bits per heavy atom. The third-order valence-corrected chi connectivity index (χ3v) is 5.77. The summed E-state index contributed by atoms with van der Waals surface area (Å²) in [5, 5.41) is 11.0. The molecule has 1 aliphatic rings. The summed E-state index contributed by atoms with van der Waals surface area (Å²) in [4.78, 5) is 26.4. The number of esters is 1. The number of carbonyl (C=O) groups is 2. The van der Waals surface area contributed by atoms with E-state index in [1.807, 2.05) is 30.3 Å². The van der Waals surface area contributed by atoms with Crippen molar-refractivity contribution < 1.29 is 14.3 Å². The Morgan fingerprint density at radius 1 is 1.38 bits per heavy atom. The number of ether oxygens (including phenoxy) is 1. The molecule has 26 heavy (non-hydrogen) atoms. The molecular formula is C16H17N5O3S2. The van der Waals surface area contributed by atoms with Gasteiger partial charge in [-0.3, -0.25) is 4.90 Å². The van der Waals surface area contributed by atoms with Gasteiger partial charge in [0, 0.05) is 18.5 Å². The molecule has 136 valence electrons. The first kappa shape index (κ1) is 18.2. The first-order valence-electron chi connectivity index (χ1n) is 7.63. The van der Waals surface area contributed by atoms with Crippen LogP contribution in [0.1, 0.15) is 11.6 Å². The predicted molar refractivity (Wildman–Crippen MR) is 99.6 cm³/mol. The molecule has 0 fully saturated rings.